The summed E-state index contributed by atoms with van der Waals surface area (Å²) in [5.74, 6) is 0.0603. The van der Waals surface area contributed by atoms with Crippen molar-refractivity contribution in [3.05, 3.63) is 0 Å². The van der Waals surface area contributed by atoms with E-state index in [4.69, 9.17) is 10.5 Å². The monoisotopic (exact) mass is 172 g/mol. The molecule has 70 valence electrons. The third-order valence-electron chi connectivity index (χ3n) is 2.06. The Labute approximate surface area is 72.7 Å². The first-order valence-corrected chi connectivity index (χ1v) is 4.35. The molecule has 1 amide bonds. The maximum absolute atomic E-state index is 11.2. The minimum absolute atomic E-state index is 0.0603. The Kier molecular flexibility index (Phi) is 3.49. The highest BCUT2D eigenvalue weighted by molar-refractivity contribution is 5.78. The Morgan fingerprint density at radius 2 is 2.50 bits per heavy atom. The van der Waals surface area contributed by atoms with E-state index >= 15 is 0 Å². The van der Waals surface area contributed by atoms with Crippen molar-refractivity contribution >= 4 is 5.91 Å². The zero-order chi connectivity index (χ0) is 8.97. The van der Waals surface area contributed by atoms with Crippen molar-refractivity contribution in [2.24, 2.45) is 5.73 Å². The van der Waals surface area contributed by atoms with Crippen molar-refractivity contribution in [1.82, 2.24) is 4.90 Å². The largest absolute Gasteiger partial charge is 0.370 e. The third kappa shape index (κ3) is 2.46. The number of hydrogen-bond donors (Lipinski definition) is 1. The van der Waals surface area contributed by atoms with E-state index in [0.717, 1.165) is 6.42 Å². The van der Waals surface area contributed by atoms with Crippen LogP contribution in [0.1, 0.15) is 13.3 Å². The van der Waals surface area contributed by atoms with Crippen LogP contribution in [0, 0.1) is 0 Å². The number of nitrogens with two attached hydrogens (primary N) is 1. The van der Waals surface area contributed by atoms with Gasteiger partial charge in [-0.3, -0.25) is 4.79 Å². The van der Waals surface area contributed by atoms with Gasteiger partial charge in [-0.25, -0.2) is 0 Å². The molecule has 0 spiro atoms. The molecule has 1 saturated heterocycles. The average molecular weight is 172 g/mol. The lowest BCUT2D eigenvalue weighted by atomic mass is 10.2. The van der Waals surface area contributed by atoms with Gasteiger partial charge < -0.3 is 15.4 Å². The minimum atomic E-state index is 0.0603. The molecule has 1 aliphatic heterocycles. The van der Waals surface area contributed by atoms with Gasteiger partial charge in [-0.1, -0.05) is 6.92 Å². The van der Waals surface area contributed by atoms with Crippen molar-refractivity contribution in [2.75, 3.05) is 26.3 Å². The molecule has 2 N–H and O–H groups in total. The average Bonchev–Trinajstić information content (AvgIpc) is 2.09. The van der Waals surface area contributed by atoms with Crippen LogP contribution in [0.3, 0.4) is 0 Å². The zero-order valence-electron chi connectivity index (χ0n) is 7.45. The molecule has 1 fully saturated rings. The third-order valence-corrected chi connectivity index (χ3v) is 2.06. The van der Waals surface area contributed by atoms with E-state index in [1.807, 2.05) is 6.92 Å². The lowest BCUT2D eigenvalue weighted by molar-refractivity contribution is -0.142. The number of hydrogen-bond acceptors (Lipinski definition) is 3. The summed E-state index contributed by atoms with van der Waals surface area (Å²) in [6.45, 7) is 4.24. The highest BCUT2D eigenvalue weighted by Gasteiger charge is 2.19. The molecule has 4 nitrogen and oxygen atoms in total. The van der Waals surface area contributed by atoms with Gasteiger partial charge in [0, 0.05) is 19.1 Å². The Balaban J connectivity index is 2.34. The number of carbonyl (C=O) groups is 1. The lowest BCUT2D eigenvalue weighted by Crippen LogP contribution is -2.47. The second kappa shape index (κ2) is 4.42. The van der Waals surface area contributed by atoms with E-state index in [1.165, 1.54) is 0 Å². The Morgan fingerprint density at radius 3 is 3.08 bits per heavy atom. The van der Waals surface area contributed by atoms with Gasteiger partial charge in [0.05, 0.1) is 6.61 Å². The van der Waals surface area contributed by atoms with Gasteiger partial charge in [-0.15, -0.1) is 0 Å². The summed E-state index contributed by atoms with van der Waals surface area (Å²) < 4.78 is 5.00. The van der Waals surface area contributed by atoms with Crippen LogP contribution in [0.25, 0.3) is 0 Å². The number of ether oxygens (including phenoxy) is 1. The quantitative estimate of drug-likeness (QED) is 0.629. The summed E-state index contributed by atoms with van der Waals surface area (Å²) in [5.41, 5.74) is 5.73. The zero-order valence-corrected chi connectivity index (χ0v) is 7.45. The SMILES string of the molecule is CCC(N)CN1CCOCC1=O. The number of nitrogens with zero attached hydrogens (tertiary/aromatic N) is 1. The second-order valence-electron chi connectivity index (χ2n) is 3.06. The standard InChI is InChI=1S/C8H16N2O2/c1-2-7(9)5-10-3-4-12-6-8(10)11/h7H,2-6,9H2,1H3. The van der Waals surface area contributed by atoms with Gasteiger partial charge in [0.2, 0.25) is 5.91 Å². The minimum Gasteiger partial charge on any atom is -0.370 e. The van der Waals surface area contributed by atoms with Crippen LogP contribution in [0.2, 0.25) is 0 Å². The van der Waals surface area contributed by atoms with Crippen LogP contribution < -0.4 is 5.73 Å². The van der Waals surface area contributed by atoms with Gasteiger partial charge >= 0.3 is 0 Å². The highest BCUT2D eigenvalue weighted by atomic mass is 16.5. The lowest BCUT2D eigenvalue weighted by Gasteiger charge is -2.28. The van der Waals surface area contributed by atoms with Gasteiger partial charge in [0.1, 0.15) is 6.61 Å². The summed E-state index contributed by atoms with van der Waals surface area (Å²) in [5, 5.41) is 0. The van der Waals surface area contributed by atoms with Crippen molar-refractivity contribution in [3.8, 4) is 0 Å². The predicted molar refractivity (Wildman–Crippen MR) is 45.7 cm³/mol. The summed E-state index contributed by atoms with van der Waals surface area (Å²) in [6.07, 6.45) is 0.907. The van der Waals surface area contributed by atoms with Gasteiger partial charge in [0.25, 0.3) is 0 Å². The fourth-order valence-electron chi connectivity index (χ4n) is 1.16. The highest BCUT2D eigenvalue weighted by Crippen LogP contribution is 2.00. The molecule has 0 aromatic carbocycles. The topological polar surface area (TPSA) is 55.6 Å². The van der Waals surface area contributed by atoms with E-state index in [1.54, 1.807) is 4.90 Å². The van der Waals surface area contributed by atoms with Gasteiger partial charge in [-0.05, 0) is 6.42 Å². The van der Waals surface area contributed by atoms with E-state index in [-0.39, 0.29) is 18.6 Å². The van der Waals surface area contributed by atoms with Crippen molar-refractivity contribution in [1.29, 1.82) is 0 Å². The molecule has 0 bridgehead atoms. The Morgan fingerprint density at radius 1 is 1.75 bits per heavy atom. The summed E-state index contributed by atoms with van der Waals surface area (Å²) in [6, 6.07) is 0.104. The molecular formula is C8H16N2O2. The number of rotatable bonds is 3. The summed E-state index contributed by atoms with van der Waals surface area (Å²) in [4.78, 5) is 13.0. The summed E-state index contributed by atoms with van der Waals surface area (Å²) >= 11 is 0. The van der Waals surface area contributed by atoms with E-state index in [2.05, 4.69) is 0 Å². The predicted octanol–water partition coefficient (Wildman–Crippen LogP) is -0.417. The van der Waals surface area contributed by atoms with Crippen LogP contribution in [-0.2, 0) is 9.53 Å². The number of morpholine rings is 1. The maximum Gasteiger partial charge on any atom is 0.248 e. The fourth-order valence-corrected chi connectivity index (χ4v) is 1.16. The normalized spacial score (nSPS) is 21.2. The first-order chi connectivity index (χ1) is 5.74. The molecule has 1 unspecified atom stereocenters. The fraction of sp³-hybridized carbons (Fsp3) is 0.875. The molecule has 0 aromatic heterocycles. The molecule has 0 aliphatic carbocycles. The van der Waals surface area contributed by atoms with Crippen molar-refractivity contribution in [2.45, 2.75) is 19.4 Å². The smallest absolute Gasteiger partial charge is 0.248 e. The molecule has 1 rings (SSSR count). The van der Waals surface area contributed by atoms with Crippen molar-refractivity contribution in [3.63, 3.8) is 0 Å². The molecular weight excluding hydrogens is 156 g/mol. The molecule has 12 heavy (non-hydrogen) atoms. The van der Waals surface area contributed by atoms with E-state index < -0.39 is 0 Å². The first-order valence-electron chi connectivity index (χ1n) is 4.35. The Bertz CT molecular complexity index is 161. The first kappa shape index (κ1) is 9.48. The van der Waals surface area contributed by atoms with Crippen LogP contribution in [0.4, 0.5) is 0 Å². The van der Waals surface area contributed by atoms with Crippen LogP contribution >= 0.6 is 0 Å². The molecule has 0 saturated carbocycles. The molecule has 1 aliphatic rings. The number of amides is 1. The molecule has 4 heteroatoms. The van der Waals surface area contributed by atoms with Gasteiger partial charge in [-0.2, -0.15) is 0 Å². The number of carbonyl (C=O) groups excluding carboxylic acids is 1. The summed E-state index contributed by atoms with van der Waals surface area (Å²) in [7, 11) is 0. The van der Waals surface area contributed by atoms with Gasteiger partial charge in [0.15, 0.2) is 0 Å². The Hall–Kier alpha value is -0.610. The molecule has 0 aromatic rings. The molecule has 0 radical (unpaired) electrons. The second-order valence-corrected chi connectivity index (χ2v) is 3.06. The van der Waals surface area contributed by atoms with E-state index in [9.17, 15) is 4.79 Å². The van der Waals surface area contributed by atoms with Crippen LogP contribution in [-0.4, -0.2) is 43.2 Å². The van der Waals surface area contributed by atoms with E-state index in [0.29, 0.717) is 19.7 Å². The van der Waals surface area contributed by atoms with Crippen LogP contribution in [0.5, 0.6) is 0 Å². The maximum atomic E-state index is 11.2. The van der Waals surface area contributed by atoms with Crippen LogP contribution in [0.15, 0.2) is 0 Å². The van der Waals surface area contributed by atoms with Crippen molar-refractivity contribution < 1.29 is 9.53 Å². The molecule has 1 atom stereocenters. The molecule has 1 heterocycles.